The molecule has 1 aromatic carbocycles. The van der Waals surface area contributed by atoms with E-state index in [0.717, 1.165) is 48.9 Å². The molecule has 2 unspecified atom stereocenters. The van der Waals surface area contributed by atoms with E-state index in [1.807, 2.05) is 13.0 Å². The lowest BCUT2D eigenvalue weighted by Gasteiger charge is -2.22. The van der Waals surface area contributed by atoms with Crippen LogP contribution in [0.15, 0.2) is 59.9 Å². The van der Waals surface area contributed by atoms with Crippen LogP contribution >= 0.6 is 11.6 Å². The van der Waals surface area contributed by atoms with Gasteiger partial charge in [0.2, 0.25) is 0 Å². The Labute approximate surface area is 220 Å². The summed E-state index contributed by atoms with van der Waals surface area (Å²) in [5.41, 5.74) is 2.68. The van der Waals surface area contributed by atoms with E-state index in [2.05, 4.69) is 26.6 Å². The van der Waals surface area contributed by atoms with E-state index in [1.54, 1.807) is 23.0 Å². The molecule has 2 atom stereocenters. The molecule has 0 spiro atoms. The summed E-state index contributed by atoms with van der Waals surface area (Å²) in [6, 6.07) is 7.31. The van der Waals surface area contributed by atoms with Crippen molar-refractivity contribution in [2.45, 2.75) is 37.5 Å². The van der Waals surface area contributed by atoms with Crippen molar-refractivity contribution in [3.8, 4) is 23.0 Å². The highest BCUT2D eigenvalue weighted by Gasteiger charge is 2.22. The Bertz CT molecular complexity index is 1710. The van der Waals surface area contributed by atoms with Gasteiger partial charge in [-0.2, -0.15) is 5.10 Å². The zero-order chi connectivity index (χ0) is 27.1. The number of hydrogen-bond acceptors (Lipinski definition) is 4. The lowest BCUT2D eigenvalue weighted by atomic mass is 9.83. The highest BCUT2D eigenvalue weighted by atomic mass is 35.5. The van der Waals surface area contributed by atoms with Crippen LogP contribution in [0.5, 0.6) is 0 Å². The number of nitrogens with zero attached hydrogens (tertiary/aromatic N) is 3. The van der Waals surface area contributed by atoms with Crippen LogP contribution in [0.4, 0.5) is 14.5 Å². The molecule has 3 heterocycles. The molecule has 6 nitrogen and oxygen atoms in total. The van der Waals surface area contributed by atoms with Crippen LogP contribution in [0.1, 0.15) is 39.5 Å². The Kier molecular flexibility index (Phi) is 6.53. The molecule has 1 N–H and O–H groups in total. The molecule has 0 saturated heterocycles. The van der Waals surface area contributed by atoms with Gasteiger partial charge in [-0.25, -0.2) is 26.7 Å². The fraction of sp³-hybridized carbons (Fsp3) is 0.259. The van der Waals surface area contributed by atoms with Crippen molar-refractivity contribution < 1.29 is 18.6 Å². The van der Waals surface area contributed by atoms with Gasteiger partial charge in [0.15, 0.2) is 5.15 Å². The third kappa shape index (κ3) is 5.45. The Hall–Kier alpha value is -3.48. The minimum Gasteiger partial charge on any atom is -0.276 e. The Balaban J connectivity index is 1.45. The molecule has 3 aromatic heterocycles. The van der Waals surface area contributed by atoms with Gasteiger partial charge in [-0.1, -0.05) is 43.2 Å². The fourth-order valence-corrected chi connectivity index (χ4v) is 5.73. The largest absolute Gasteiger partial charge is 0.276 e. The summed E-state index contributed by atoms with van der Waals surface area (Å²) < 4.78 is 65.2. The molecule has 1 fully saturated rings. The van der Waals surface area contributed by atoms with Crippen LogP contribution < -0.4 is 4.72 Å². The molecule has 0 aliphatic heterocycles. The molecule has 1 saturated carbocycles. The van der Waals surface area contributed by atoms with E-state index in [0.29, 0.717) is 17.2 Å². The third-order valence-corrected chi connectivity index (χ3v) is 7.98. The SMILES string of the molecule is [2H]C1(C)CCCC(C#Cc2cnn3ccc(-c4cnc(Cl)c(NS(=O)(=O)c5ccc(F)cc5F)c4)cc23)C1. The van der Waals surface area contributed by atoms with Gasteiger partial charge in [0.25, 0.3) is 10.0 Å². The standard InChI is InChI=1S/C27H23ClF2N4O2S/c1-17-3-2-4-18(11-17)5-6-20-16-32-34-10-9-19(13-25(20)34)21-12-24(27(28)31-15-21)33-37(35,36)26-8-7-22(29)14-23(26)30/h7-10,12-18,33H,2-4,11H2,1H3/i17D. The molecule has 190 valence electrons. The zero-order valence-electron chi connectivity index (χ0n) is 20.8. The van der Waals surface area contributed by atoms with Crippen LogP contribution in [-0.2, 0) is 10.0 Å². The molecule has 1 aliphatic rings. The molecule has 37 heavy (non-hydrogen) atoms. The monoisotopic (exact) mass is 541 g/mol. The first-order valence-corrected chi connectivity index (χ1v) is 13.5. The summed E-state index contributed by atoms with van der Waals surface area (Å²) in [6.07, 6.45) is 8.52. The summed E-state index contributed by atoms with van der Waals surface area (Å²) in [4.78, 5) is 3.37. The molecule has 10 heteroatoms. The number of fused-ring (bicyclic) bond motifs is 1. The fourth-order valence-electron chi connectivity index (χ4n) is 4.40. The maximum atomic E-state index is 14.1. The first-order chi connectivity index (χ1) is 18.0. The minimum absolute atomic E-state index is 0.0583. The van der Waals surface area contributed by atoms with Crippen LogP contribution in [0.2, 0.25) is 5.15 Å². The Morgan fingerprint density at radius 2 is 2.00 bits per heavy atom. The second kappa shape index (κ2) is 10.1. The molecular weight excluding hydrogens is 518 g/mol. The number of nitrogens with one attached hydrogen (secondary N) is 1. The summed E-state index contributed by atoms with van der Waals surface area (Å²) in [6.45, 7) is 1.95. The van der Waals surface area contributed by atoms with E-state index in [9.17, 15) is 17.2 Å². The smallest absolute Gasteiger partial charge is 0.264 e. The highest BCUT2D eigenvalue weighted by Crippen LogP contribution is 2.31. The highest BCUT2D eigenvalue weighted by molar-refractivity contribution is 7.92. The first kappa shape index (κ1) is 23.9. The number of benzene rings is 1. The van der Waals surface area contributed by atoms with Crippen molar-refractivity contribution in [3.63, 3.8) is 0 Å². The molecular formula is C27H23ClF2N4O2S. The predicted octanol–water partition coefficient (Wildman–Crippen LogP) is 6.31. The van der Waals surface area contributed by atoms with E-state index < -0.39 is 32.4 Å². The third-order valence-electron chi connectivity index (χ3n) is 6.28. The van der Waals surface area contributed by atoms with Crippen LogP contribution in [-0.4, -0.2) is 23.0 Å². The minimum atomic E-state index is -4.40. The topological polar surface area (TPSA) is 76.4 Å². The number of aromatic nitrogens is 3. The van der Waals surface area contributed by atoms with Crippen molar-refractivity contribution >= 4 is 32.8 Å². The van der Waals surface area contributed by atoms with Gasteiger partial charge in [0.05, 0.1) is 23.0 Å². The number of hydrogen-bond donors (Lipinski definition) is 1. The predicted molar refractivity (Wildman–Crippen MR) is 139 cm³/mol. The molecule has 1 aliphatic carbocycles. The van der Waals surface area contributed by atoms with E-state index >= 15 is 0 Å². The molecule has 0 amide bonds. The van der Waals surface area contributed by atoms with Gasteiger partial charge in [0.1, 0.15) is 16.5 Å². The van der Waals surface area contributed by atoms with Crippen LogP contribution in [0.3, 0.4) is 0 Å². The average molecular weight is 542 g/mol. The van der Waals surface area contributed by atoms with Crippen molar-refractivity contribution in [1.29, 1.82) is 0 Å². The Morgan fingerprint density at radius 1 is 1.16 bits per heavy atom. The van der Waals surface area contributed by atoms with Gasteiger partial charge >= 0.3 is 0 Å². The summed E-state index contributed by atoms with van der Waals surface area (Å²) in [5.74, 6) is 4.13. The van der Waals surface area contributed by atoms with Crippen LogP contribution in [0, 0.1) is 35.3 Å². The second-order valence-corrected chi connectivity index (χ2v) is 11.1. The number of halogens is 3. The molecule has 4 aromatic rings. The van der Waals surface area contributed by atoms with Gasteiger partial charge in [-0.05, 0) is 54.6 Å². The summed E-state index contributed by atoms with van der Waals surface area (Å²) >= 11 is 6.14. The quantitative estimate of drug-likeness (QED) is 0.243. The van der Waals surface area contributed by atoms with Crippen molar-refractivity contribution in [2.24, 2.45) is 11.8 Å². The van der Waals surface area contributed by atoms with Crippen molar-refractivity contribution in [1.82, 2.24) is 14.6 Å². The lowest BCUT2D eigenvalue weighted by Crippen LogP contribution is -2.15. The number of pyridine rings is 2. The van der Waals surface area contributed by atoms with E-state index in [4.69, 9.17) is 13.0 Å². The normalized spacial score (nSPS) is 20.2. The average Bonchev–Trinajstić information content (AvgIpc) is 3.25. The molecule has 5 rings (SSSR count). The maximum Gasteiger partial charge on any atom is 0.264 e. The van der Waals surface area contributed by atoms with E-state index in [-0.39, 0.29) is 16.8 Å². The number of sulfonamides is 1. The summed E-state index contributed by atoms with van der Waals surface area (Å²) in [7, 11) is -4.40. The first-order valence-electron chi connectivity index (χ1n) is 12.1. The summed E-state index contributed by atoms with van der Waals surface area (Å²) in [5, 5.41) is 4.23. The lowest BCUT2D eigenvalue weighted by molar-refractivity contribution is 0.333. The second-order valence-electron chi connectivity index (χ2n) is 9.07. The molecule has 0 radical (unpaired) electrons. The zero-order valence-corrected chi connectivity index (χ0v) is 21.4. The number of anilines is 1. The van der Waals surface area contributed by atoms with E-state index in [1.165, 1.54) is 12.3 Å². The van der Waals surface area contributed by atoms with Gasteiger partial charge < -0.3 is 0 Å². The number of rotatable bonds is 4. The van der Waals surface area contributed by atoms with Crippen molar-refractivity contribution in [3.05, 3.63) is 77.3 Å². The van der Waals surface area contributed by atoms with Crippen molar-refractivity contribution in [2.75, 3.05) is 4.72 Å². The Morgan fingerprint density at radius 3 is 2.78 bits per heavy atom. The van der Waals surface area contributed by atoms with Gasteiger partial charge in [0, 0.05) is 31.3 Å². The maximum absolute atomic E-state index is 14.1. The van der Waals surface area contributed by atoms with Gasteiger partial charge in [-0.3, -0.25) is 4.72 Å². The van der Waals surface area contributed by atoms with Gasteiger partial charge in [-0.15, -0.1) is 0 Å². The van der Waals surface area contributed by atoms with Crippen LogP contribution in [0.25, 0.3) is 16.6 Å². The molecule has 0 bridgehead atoms.